The normalized spacial score (nSPS) is 34.7. The Bertz CT molecular complexity index is 2120. The van der Waals surface area contributed by atoms with Crippen LogP contribution >= 0.6 is 0 Å². The third kappa shape index (κ3) is 12.4. The van der Waals surface area contributed by atoms with Crippen molar-refractivity contribution in [2.45, 2.75) is 148 Å². The van der Waals surface area contributed by atoms with E-state index in [9.17, 15) is 29.3 Å². The largest absolute Gasteiger partial charge is 0.461 e. The van der Waals surface area contributed by atoms with Crippen molar-refractivity contribution in [2.75, 3.05) is 21.2 Å². The summed E-state index contributed by atoms with van der Waals surface area (Å²) in [5, 5.41) is 45.7. The monoisotopic (exact) mass is 918 g/mol. The Hall–Kier alpha value is -4.41. The lowest BCUT2D eigenvalue weighted by Gasteiger charge is -2.48. The van der Waals surface area contributed by atoms with Crippen LogP contribution in [0.15, 0.2) is 89.1 Å². The number of benzene rings is 3. The molecule has 0 radical (unpaired) electrons. The molecule has 14 atom stereocenters. The quantitative estimate of drug-likeness (QED) is 0.0996. The van der Waals surface area contributed by atoms with E-state index >= 15 is 0 Å². The van der Waals surface area contributed by atoms with Gasteiger partial charge >= 0.3 is 11.9 Å². The van der Waals surface area contributed by atoms with E-state index in [0.29, 0.717) is 23.4 Å². The second-order valence-electron chi connectivity index (χ2n) is 19.1. The molecule has 2 fully saturated rings. The van der Waals surface area contributed by atoms with Gasteiger partial charge < -0.3 is 43.9 Å². The highest BCUT2D eigenvalue weighted by atomic mass is 19.1. The van der Waals surface area contributed by atoms with Crippen LogP contribution < -0.4 is 0 Å². The number of nitrogens with zero attached hydrogens (tertiary/aromatic N) is 3. The van der Waals surface area contributed by atoms with Gasteiger partial charge in [0.2, 0.25) is 0 Å². The van der Waals surface area contributed by atoms with E-state index in [-0.39, 0.29) is 31.4 Å². The van der Waals surface area contributed by atoms with E-state index in [1.54, 1.807) is 27.7 Å². The van der Waals surface area contributed by atoms with E-state index < -0.39 is 89.4 Å². The number of methoxy groups -OCH3 is 1. The maximum atomic E-state index is 14.4. The number of carbonyl (C=O) groups excluding carboxylic acids is 2. The van der Waals surface area contributed by atoms with Crippen molar-refractivity contribution in [3.8, 4) is 11.1 Å². The van der Waals surface area contributed by atoms with Gasteiger partial charge in [0.05, 0.1) is 42.0 Å². The Morgan fingerprint density at radius 2 is 1.55 bits per heavy atom. The van der Waals surface area contributed by atoms with Gasteiger partial charge in [0, 0.05) is 30.7 Å². The van der Waals surface area contributed by atoms with Gasteiger partial charge in [0.1, 0.15) is 29.7 Å². The van der Waals surface area contributed by atoms with Crippen LogP contribution in [0.4, 0.5) is 4.39 Å². The average Bonchev–Trinajstić information content (AvgIpc) is 3.29. The van der Waals surface area contributed by atoms with Crippen LogP contribution in [0.25, 0.3) is 11.1 Å². The minimum atomic E-state index is -1.98. The van der Waals surface area contributed by atoms with E-state index in [1.165, 1.54) is 38.3 Å². The van der Waals surface area contributed by atoms with Gasteiger partial charge in [-0.05, 0) is 108 Å². The summed E-state index contributed by atoms with van der Waals surface area (Å²) in [6, 6.07) is 23.2. The predicted molar refractivity (Wildman–Crippen MR) is 252 cm³/mol. The summed E-state index contributed by atoms with van der Waals surface area (Å²) in [5.41, 5.74) is 1.22. The molecule has 362 valence electrons. The number of ether oxygens (including phenoxy) is 5. The van der Waals surface area contributed by atoms with Gasteiger partial charge in [0.25, 0.3) is 0 Å². The number of esters is 2. The topological polar surface area (TPSA) is 169 Å². The third-order valence-electron chi connectivity index (χ3n) is 13.8. The van der Waals surface area contributed by atoms with Crippen LogP contribution in [-0.4, -0.2) is 125 Å². The van der Waals surface area contributed by atoms with Gasteiger partial charge in [-0.3, -0.25) is 9.59 Å². The molecule has 2 aliphatic rings. The number of halogens is 1. The molecule has 13 nitrogen and oxygen atoms in total. The number of cyclic esters (lactones) is 1. The lowest BCUT2D eigenvalue weighted by Crippen LogP contribution is -2.60. The molecule has 0 bridgehead atoms. The van der Waals surface area contributed by atoms with Crippen LogP contribution in [-0.2, 0) is 39.7 Å². The molecule has 5 rings (SSSR count). The molecule has 2 aliphatic heterocycles. The highest BCUT2D eigenvalue weighted by Gasteiger charge is 2.52. The van der Waals surface area contributed by atoms with Crippen molar-refractivity contribution in [1.82, 2.24) is 4.90 Å². The molecule has 0 amide bonds. The maximum absolute atomic E-state index is 14.4. The lowest BCUT2D eigenvalue weighted by atomic mass is 9.73. The average molecular weight is 918 g/mol. The number of aliphatic hydroxyl groups excluding tert-OH is 2. The van der Waals surface area contributed by atoms with E-state index in [2.05, 4.69) is 0 Å². The fourth-order valence-electron chi connectivity index (χ4n) is 9.67. The van der Waals surface area contributed by atoms with Gasteiger partial charge in [-0.25, -0.2) is 4.39 Å². The van der Waals surface area contributed by atoms with Gasteiger partial charge in [-0.2, -0.15) is 10.2 Å². The summed E-state index contributed by atoms with van der Waals surface area (Å²) in [6.45, 7) is 15.8. The molecule has 3 aromatic carbocycles. The van der Waals surface area contributed by atoms with Crippen molar-refractivity contribution in [3.63, 3.8) is 0 Å². The van der Waals surface area contributed by atoms with Crippen LogP contribution in [0.1, 0.15) is 92.7 Å². The van der Waals surface area contributed by atoms with Crippen molar-refractivity contribution in [1.29, 1.82) is 0 Å². The van der Waals surface area contributed by atoms with Crippen molar-refractivity contribution in [2.24, 2.45) is 33.9 Å². The summed E-state index contributed by atoms with van der Waals surface area (Å²) in [6.07, 6.45) is -6.92. The molecule has 66 heavy (non-hydrogen) atoms. The Kier molecular flexibility index (Phi) is 18.0. The zero-order valence-corrected chi connectivity index (χ0v) is 40.7. The predicted octanol–water partition coefficient (Wildman–Crippen LogP) is 7.41. The molecule has 0 aromatic heterocycles. The standard InChI is InChI=1S/C52H72FN3O10/c1-13-42-52(9,61)47(59)32(4)44(55-54-35(7)37-21-23-39(24-22-37)38-17-15-14-16-18-38)30(2)29-51(8,62-12)48(66-50-45(58)41(56(10)11)27-31(3)63-50)33(5)46(34(6)49(60)64-42)65-43(57)28-36-19-25-40(53)26-20-36/h14-26,30-34,41-42,45-48,50,58-59,61H,13,27-29H2,1-12H3/b54-35+,55-44+/t30-,31?,32+,33+,34-,41?,42-,45?,46+,47-,48-,50?,51-,52-/m1/s1. The second-order valence-corrected chi connectivity index (χ2v) is 19.1. The summed E-state index contributed by atoms with van der Waals surface area (Å²) in [5.74, 6) is -5.29. The van der Waals surface area contributed by atoms with Gasteiger partial charge in [-0.15, -0.1) is 0 Å². The first-order valence-corrected chi connectivity index (χ1v) is 23.1. The maximum Gasteiger partial charge on any atom is 0.312 e. The van der Waals surface area contributed by atoms with Crippen LogP contribution in [0.3, 0.4) is 0 Å². The smallest absolute Gasteiger partial charge is 0.312 e. The second kappa shape index (κ2) is 22.6. The van der Waals surface area contributed by atoms with Gasteiger partial charge in [-0.1, -0.05) is 94.4 Å². The number of rotatable bonds is 11. The Morgan fingerprint density at radius 3 is 2.14 bits per heavy atom. The SMILES string of the molecule is CC[C@H]1OC(=O)[C@H](C)[C@@H](OC(=O)Cc2ccc(F)cc2)[C@H](C)[C@@H](OC2OC(C)CC(N(C)C)C2O)[C@](C)(OC)C[C@@H](C)/C(=N\N=C(/C)c2ccc(-c3ccccc3)cc2)[C@H](C)[C@@H](O)[C@]1(C)O. The fraction of sp³-hybridized carbons (Fsp3) is 0.577. The number of hydrogen-bond donors (Lipinski definition) is 3. The van der Waals surface area contributed by atoms with Crippen molar-refractivity contribution in [3.05, 3.63) is 95.8 Å². The van der Waals surface area contributed by atoms with Crippen LogP contribution in [0, 0.1) is 29.5 Å². The van der Waals surface area contributed by atoms with E-state index in [4.69, 9.17) is 33.9 Å². The first kappa shape index (κ1) is 52.6. The Balaban J connectivity index is 1.64. The molecule has 2 saturated heterocycles. The van der Waals surface area contributed by atoms with Crippen LogP contribution in [0.2, 0.25) is 0 Å². The molecule has 0 saturated carbocycles. The number of aliphatic hydroxyl groups is 3. The summed E-state index contributed by atoms with van der Waals surface area (Å²) in [4.78, 5) is 30.2. The molecule has 3 N–H and O–H groups in total. The molecule has 0 aliphatic carbocycles. The fourth-order valence-corrected chi connectivity index (χ4v) is 9.67. The van der Waals surface area contributed by atoms with E-state index in [1.807, 2.05) is 101 Å². The van der Waals surface area contributed by atoms with Gasteiger partial charge in [0.15, 0.2) is 6.29 Å². The summed E-state index contributed by atoms with van der Waals surface area (Å²) in [7, 11) is 5.28. The third-order valence-corrected chi connectivity index (χ3v) is 13.8. The number of carbonyl (C=O) groups is 2. The van der Waals surface area contributed by atoms with Crippen LogP contribution in [0.5, 0.6) is 0 Å². The zero-order valence-electron chi connectivity index (χ0n) is 40.7. The Morgan fingerprint density at radius 1 is 0.924 bits per heavy atom. The molecule has 0 spiro atoms. The molecular formula is C52H72FN3O10. The minimum Gasteiger partial charge on any atom is -0.461 e. The highest BCUT2D eigenvalue weighted by molar-refractivity contribution is 6.00. The lowest BCUT2D eigenvalue weighted by molar-refractivity contribution is -0.301. The van der Waals surface area contributed by atoms with Crippen molar-refractivity contribution >= 4 is 23.4 Å². The molecule has 3 aromatic rings. The molecule has 4 unspecified atom stereocenters. The number of hydrogen-bond acceptors (Lipinski definition) is 13. The van der Waals surface area contributed by atoms with E-state index in [0.717, 1.165) is 16.7 Å². The minimum absolute atomic E-state index is 0.133. The molecule has 2 heterocycles. The first-order chi connectivity index (χ1) is 31.1. The zero-order chi connectivity index (χ0) is 48.7. The molecular weight excluding hydrogens is 846 g/mol. The number of likely N-dealkylation sites (N-methyl/N-ethyl adjacent to an activating group) is 1. The first-order valence-electron chi connectivity index (χ1n) is 23.1. The highest BCUT2D eigenvalue weighted by Crippen LogP contribution is 2.40. The summed E-state index contributed by atoms with van der Waals surface area (Å²) < 4.78 is 45.9. The Labute approximate surface area is 390 Å². The molecule has 14 heteroatoms. The van der Waals surface area contributed by atoms with Crippen molar-refractivity contribution < 1.29 is 53.0 Å². The summed E-state index contributed by atoms with van der Waals surface area (Å²) >= 11 is 0.